The molecule has 0 radical (unpaired) electrons. The summed E-state index contributed by atoms with van der Waals surface area (Å²) in [4.78, 5) is 12.2. The number of thiocarbonyl (C=S) groups is 1. The van der Waals surface area contributed by atoms with E-state index in [-0.39, 0.29) is 11.0 Å². The van der Waals surface area contributed by atoms with Crippen molar-refractivity contribution >= 4 is 40.5 Å². The second-order valence-electron chi connectivity index (χ2n) is 5.86. The third-order valence-corrected chi connectivity index (χ3v) is 4.28. The highest BCUT2D eigenvalue weighted by molar-refractivity contribution is 7.80. The van der Waals surface area contributed by atoms with Gasteiger partial charge in [-0.15, -0.1) is 0 Å². The van der Waals surface area contributed by atoms with Gasteiger partial charge in [-0.1, -0.05) is 59.6 Å². The van der Waals surface area contributed by atoms with Crippen molar-refractivity contribution in [3.05, 3.63) is 88.9 Å². The molecule has 0 aliphatic rings. The molecule has 0 unspecified atom stereocenters. The predicted octanol–water partition coefficient (Wildman–Crippen LogP) is 5.44. The fourth-order valence-electron chi connectivity index (χ4n) is 2.46. The summed E-state index contributed by atoms with van der Waals surface area (Å²) in [6, 6.07) is 22.9. The van der Waals surface area contributed by atoms with Gasteiger partial charge >= 0.3 is 0 Å². The summed E-state index contributed by atoms with van der Waals surface area (Å²) in [5.74, 6) is -0.304. The number of nitrogens with one attached hydrogen (secondary N) is 2. The summed E-state index contributed by atoms with van der Waals surface area (Å²) < 4.78 is 0. The van der Waals surface area contributed by atoms with Gasteiger partial charge in [-0.3, -0.25) is 10.1 Å². The van der Waals surface area contributed by atoms with E-state index in [1.807, 2.05) is 24.3 Å². The van der Waals surface area contributed by atoms with Crippen LogP contribution in [0.5, 0.6) is 0 Å². The molecule has 0 saturated heterocycles. The SMILES string of the molecule is Cc1ccc(-c2ccc(NC(=S)NC(=O)c3cccc(Cl)c3)cc2)cc1. The number of hydrogen-bond acceptors (Lipinski definition) is 2. The molecular formula is C21H17ClN2OS. The van der Waals surface area contributed by atoms with Crippen LogP contribution in [0.3, 0.4) is 0 Å². The summed E-state index contributed by atoms with van der Waals surface area (Å²) in [5.41, 5.74) is 4.75. The number of carbonyl (C=O) groups is 1. The van der Waals surface area contributed by atoms with Gasteiger partial charge in [0.05, 0.1) is 0 Å². The zero-order chi connectivity index (χ0) is 18.5. The predicted molar refractivity (Wildman–Crippen MR) is 112 cm³/mol. The first-order valence-corrected chi connectivity index (χ1v) is 8.85. The molecule has 3 aromatic rings. The number of aryl methyl sites for hydroxylation is 1. The second-order valence-corrected chi connectivity index (χ2v) is 6.71. The van der Waals surface area contributed by atoms with Gasteiger partial charge in [0.15, 0.2) is 5.11 Å². The van der Waals surface area contributed by atoms with Crippen molar-refractivity contribution in [2.75, 3.05) is 5.32 Å². The van der Waals surface area contributed by atoms with E-state index in [1.54, 1.807) is 24.3 Å². The Bertz CT molecular complexity index is 937. The molecule has 0 fully saturated rings. The van der Waals surface area contributed by atoms with Crippen molar-refractivity contribution in [3.8, 4) is 11.1 Å². The number of amides is 1. The molecule has 5 heteroatoms. The molecular weight excluding hydrogens is 364 g/mol. The van der Waals surface area contributed by atoms with Crippen LogP contribution >= 0.6 is 23.8 Å². The number of anilines is 1. The first-order chi connectivity index (χ1) is 12.5. The Morgan fingerprint density at radius 3 is 2.15 bits per heavy atom. The van der Waals surface area contributed by atoms with Gasteiger partial charge < -0.3 is 5.32 Å². The lowest BCUT2D eigenvalue weighted by molar-refractivity contribution is 0.0977. The minimum absolute atomic E-state index is 0.234. The Labute approximate surface area is 163 Å². The van der Waals surface area contributed by atoms with E-state index in [2.05, 4.69) is 41.8 Å². The Hall–Kier alpha value is -2.69. The lowest BCUT2D eigenvalue weighted by Crippen LogP contribution is -2.34. The molecule has 0 spiro atoms. The smallest absolute Gasteiger partial charge is 0.257 e. The lowest BCUT2D eigenvalue weighted by atomic mass is 10.0. The van der Waals surface area contributed by atoms with Crippen LogP contribution in [-0.4, -0.2) is 11.0 Å². The fourth-order valence-corrected chi connectivity index (χ4v) is 2.86. The first kappa shape index (κ1) is 18.1. The second kappa shape index (κ2) is 8.13. The maximum Gasteiger partial charge on any atom is 0.257 e. The van der Waals surface area contributed by atoms with Crippen molar-refractivity contribution in [1.82, 2.24) is 5.32 Å². The average Bonchev–Trinajstić information content (AvgIpc) is 2.63. The van der Waals surface area contributed by atoms with Gasteiger partial charge in [-0.25, -0.2) is 0 Å². The number of halogens is 1. The quantitative estimate of drug-likeness (QED) is 0.594. The van der Waals surface area contributed by atoms with E-state index in [4.69, 9.17) is 23.8 Å². The molecule has 3 nitrogen and oxygen atoms in total. The average molecular weight is 381 g/mol. The van der Waals surface area contributed by atoms with E-state index in [0.29, 0.717) is 10.6 Å². The summed E-state index contributed by atoms with van der Waals surface area (Å²) in [5, 5.41) is 6.40. The molecule has 3 aromatic carbocycles. The Kier molecular flexibility index (Phi) is 5.66. The highest BCUT2D eigenvalue weighted by atomic mass is 35.5. The van der Waals surface area contributed by atoms with Crippen molar-refractivity contribution in [2.24, 2.45) is 0 Å². The third-order valence-electron chi connectivity index (χ3n) is 3.84. The number of carbonyl (C=O) groups excluding carboxylic acids is 1. The van der Waals surface area contributed by atoms with E-state index < -0.39 is 0 Å². The van der Waals surface area contributed by atoms with Crippen LogP contribution in [0.2, 0.25) is 5.02 Å². The summed E-state index contributed by atoms with van der Waals surface area (Å²) >= 11 is 11.1. The minimum atomic E-state index is -0.304. The monoisotopic (exact) mass is 380 g/mol. The number of benzene rings is 3. The summed E-state index contributed by atoms with van der Waals surface area (Å²) in [7, 11) is 0. The van der Waals surface area contributed by atoms with E-state index in [0.717, 1.165) is 16.8 Å². The van der Waals surface area contributed by atoms with E-state index in [1.165, 1.54) is 5.56 Å². The maximum atomic E-state index is 12.2. The van der Waals surface area contributed by atoms with Gasteiger partial charge in [-0.2, -0.15) is 0 Å². The molecule has 3 rings (SSSR count). The van der Waals surface area contributed by atoms with Crippen LogP contribution in [0.25, 0.3) is 11.1 Å². The van der Waals surface area contributed by atoms with Gasteiger partial charge in [0.25, 0.3) is 5.91 Å². The summed E-state index contributed by atoms with van der Waals surface area (Å²) in [6.45, 7) is 2.06. The van der Waals surface area contributed by atoms with E-state index >= 15 is 0 Å². The zero-order valence-corrected chi connectivity index (χ0v) is 15.7. The van der Waals surface area contributed by atoms with Crippen LogP contribution in [0.1, 0.15) is 15.9 Å². The molecule has 1 amide bonds. The fraction of sp³-hybridized carbons (Fsp3) is 0.0476. The number of hydrogen-bond donors (Lipinski definition) is 2. The molecule has 0 aromatic heterocycles. The normalized spacial score (nSPS) is 10.2. The Morgan fingerprint density at radius 1 is 0.923 bits per heavy atom. The maximum absolute atomic E-state index is 12.2. The van der Waals surface area contributed by atoms with E-state index in [9.17, 15) is 4.79 Å². The topological polar surface area (TPSA) is 41.1 Å². The van der Waals surface area contributed by atoms with Crippen molar-refractivity contribution in [3.63, 3.8) is 0 Å². The molecule has 0 saturated carbocycles. The van der Waals surface area contributed by atoms with Crippen LogP contribution in [0, 0.1) is 6.92 Å². The van der Waals surface area contributed by atoms with Crippen LogP contribution in [0.15, 0.2) is 72.8 Å². The summed E-state index contributed by atoms with van der Waals surface area (Å²) in [6.07, 6.45) is 0. The van der Waals surface area contributed by atoms with Crippen molar-refractivity contribution in [1.29, 1.82) is 0 Å². The highest BCUT2D eigenvalue weighted by Crippen LogP contribution is 2.21. The van der Waals surface area contributed by atoms with Gasteiger partial charge in [0.2, 0.25) is 0 Å². The third kappa shape index (κ3) is 4.69. The minimum Gasteiger partial charge on any atom is -0.332 e. The number of rotatable bonds is 3. The largest absolute Gasteiger partial charge is 0.332 e. The molecule has 130 valence electrons. The first-order valence-electron chi connectivity index (χ1n) is 8.06. The molecule has 0 aliphatic carbocycles. The van der Waals surface area contributed by atoms with Gasteiger partial charge in [-0.05, 0) is 60.6 Å². The molecule has 0 bridgehead atoms. The molecule has 2 N–H and O–H groups in total. The van der Waals surface area contributed by atoms with Crippen molar-refractivity contribution in [2.45, 2.75) is 6.92 Å². The Balaban J connectivity index is 1.62. The Morgan fingerprint density at radius 2 is 1.54 bits per heavy atom. The molecule has 26 heavy (non-hydrogen) atoms. The van der Waals surface area contributed by atoms with Gasteiger partial charge in [0.1, 0.15) is 0 Å². The van der Waals surface area contributed by atoms with Crippen LogP contribution in [-0.2, 0) is 0 Å². The lowest BCUT2D eigenvalue weighted by Gasteiger charge is -2.10. The zero-order valence-electron chi connectivity index (χ0n) is 14.1. The standard InChI is InChI=1S/C21H17ClN2OS/c1-14-5-7-15(8-6-14)16-9-11-19(12-10-16)23-21(26)24-20(25)17-3-2-4-18(22)13-17/h2-13H,1H3,(H2,23,24,25,26). The van der Waals surface area contributed by atoms with Crippen LogP contribution in [0.4, 0.5) is 5.69 Å². The van der Waals surface area contributed by atoms with Crippen molar-refractivity contribution < 1.29 is 4.79 Å². The molecule has 0 heterocycles. The molecule has 0 atom stereocenters. The molecule has 0 aliphatic heterocycles. The van der Waals surface area contributed by atoms with Crippen LogP contribution < -0.4 is 10.6 Å². The van der Waals surface area contributed by atoms with Gasteiger partial charge in [0, 0.05) is 16.3 Å². The highest BCUT2D eigenvalue weighted by Gasteiger charge is 2.08.